The summed E-state index contributed by atoms with van der Waals surface area (Å²) in [5.41, 5.74) is 1.13. The van der Waals surface area contributed by atoms with Gasteiger partial charge in [-0.2, -0.15) is 0 Å². The van der Waals surface area contributed by atoms with E-state index < -0.39 is 5.82 Å². The van der Waals surface area contributed by atoms with Crippen LogP contribution in [-0.4, -0.2) is 7.05 Å². The molecule has 0 aliphatic rings. The predicted molar refractivity (Wildman–Crippen MR) is 74.9 cm³/mol. The van der Waals surface area contributed by atoms with Crippen LogP contribution in [0.3, 0.4) is 0 Å². The first kappa shape index (κ1) is 14.8. The van der Waals surface area contributed by atoms with Crippen molar-refractivity contribution in [2.75, 3.05) is 7.05 Å². The fourth-order valence-corrected chi connectivity index (χ4v) is 1.97. The molecule has 20 heavy (non-hydrogen) atoms. The van der Waals surface area contributed by atoms with Crippen molar-refractivity contribution in [3.8, 4) is 5.75 Å². The fraction of sp³-hybridized carbons (Fsp3) is 0.200. The molecule has 0 bridgehead atoms. The van der Waals surface area contributed by atoms with Crippen molar-refractivity contribution in [3.05, 3.63) is 64.2 Å². The highest BCUT2D eigenvalue weighted by Crippen LogP contribution is 2.20. The molecular formula is C15H14ClF2NO. The molecule has 2 nitrogen and oxygen atoms in total. The molecular weight excluding hydrogens is 284 g/mol. The molecule has 1 N–H and O–H groups in total. The van der Waals surface area contributed by atoms with Gasteiger partial charge < -0.3 is 10.1 Å². The number of hydrogen-bond acceptors (Lipinski definition) is 2. The van der Waals surface area contributed by atoms with Crippen LogP contribution in [0.25, 0.3) is 0 Å². The lowest BCUT2D eigenvalue weighted by molar-refractivity contribution is 0.298. The van der Waals surface area contributed by atoms with Gasteiger partial charge in [0.15, 0.2) is 0 Å². The average Bonchev–Trinajstić information content (AvgIpc) is 2.37. The Balaban J connectivity index is 2.10. The van der Waals surface area contributed by atoms with Gasteiger partial charge in [0.05, 0.1) is 0 Å². The summed E-state index contributed by atoms with van der Waals surface area (Å²) in [4.78, 5) is 0. The quantitative estimate of drug-likeness (QED) is 0.903. The van der Waals surface area contributed by atoms with Gasteiger partial charge >= 0.3 is 0 Å². The number of ether oxygens (including phenoxy) is 1. The highest BCUT2D eigenvalue weighted by molar-refractivity contribution is 6.30. The molecule has 0 unspecified atom stereocenters. The van der Waals surface area contributed by atoms with E-state index in [4.69, 9.17) is 16.3 Å². The molecule has 2 rings (SSSR count). The van der Waals surface area contributed by atoms with Gasteiger partial charge in [-0.05, 0) is 36.9 Å². The summed E-state index contributed by atoms with van der Waals surface area (Å²) < 4.78 is 32.4. The second-order valence-electron chi connectivity index (χ2n) is 4.35. The number of rotatable bonds is 5. The molecule has 0 fully saturated rings. The van der Waals surface area contributed by atoms with Crippen LogP contribution in [0.15, 0.2) is 36.4 Å². The van der Waals surface area contributed by atoms with Crippen molar-refractivity contribution in [3.63, 3.8) is 0 Å². The Morgan fingerprint density at radius 1 is 1.15 bits per heavy atom. The van der Waals surface area contributed by atoms with Crippen LogP contribution >= 0.6 is 11.6 Å². The first-order valence-corrected chi connectivity index (χ1v) is 6.47. The summed E-state index contributed by atoms with van der Waals surface area (Å²) in [6.07, 6.45) is 0. The molecule has 0 aliphatic heterocycles. The maximum atomic E-state index is 13.6. The third-order valence-corrected chi connectivity index (χ3v) is 2.96. The summed E-state index contributed by atoms with van der Waals surface area (Å²) in [6, 6.07) is 8.76. The van der Waals surface area contributed by atoms with Crippen LogP contribution in [0.1, 0.15) is 11.1 Å². The summed E-state index contributed by atoms with van der Waals surface area (Å²) in [7, 11) is 1.77. The van der Waals surface area contributed by atoms with Crippen LogP contribution < -0.4 is 10.1 Å². The Bertz CT molecular complexity index is 604. The Morgan fingerprint density at radius 3 is 2.65 bits per heavy atom. The van der Waals surface area contributed by atoms with Crippen LogP contribution in [0.4, 0.5) is 8.78 Å². The van der Waals surface area contributed by atoms with Gasteiger partial charge in [0, 0.05) is 23.2 Å². The first-order chi connectivity index (χ1) is 9.58. The van der Waals surface area contributed by atoms with Crippen LogP contribution in [0.2, 0.25) is 5.02 Å². The molecule has 0 atom stereocenters. The van der Waals surface area contributed by atoms with E-state index >= 15 is 0 Å². The Morgan fingerprint density at radius 2 is 1.95 bits per heavy atom. The molecule has 2 aromatic carbocycles. The second-order valence-corrected chi connectivity index (χ2v) is 4.79. The zero-order valence-corrected chi connectivity index (χ0v) is 11.7. The lowest BCUT2D eigenvalue weighted by Crippen LogP contribution is -2.06. The minimum Gasteiger partial charge on any atom is -0.489 e. The van der Waals surface area contributed by atoms with Crippen LogP contribution in [0.5, 0.6) is 5.75 Å². The predicted octanol–water partition coefficient (Wildman–Crippen LogP) is 3.92. The topological polar surface area (TPSA) is 21.3 Å². The number of hydrogen-bond donors (Lipinski definition) is 1. The molecule has 0 radical (unpaired) electrons. The van der Waals surface area contributed by atoms with E-state index in [1.54, 1.807) is 25.2 Å². The Labute approximate surface area is 121 Å². The van der Waals surface area contributed by atoms with E-state index in [1.807, 2.05) is 0 Å². The van der Waals surface area contributed by atoms with E-state index in [2.05, 4.69) is 5.32 Å². The van der Waals surface area contributed by atoms with Crippen molar-refractivity contribution in [2.24, 2.45) is 0 Å². The van der Waals surface area contributed by atoms with Gasteiger partial charge in [-0.15, -0.1) is 0 Å². The van der Waals surface area contributed by atoms with Gasteiger partial charge in [-0.25, -0.2) is 8.78 Å². The van der Waals surface area contributed by atoms with E-state index in [-0.39, 0.29) is 12.4 Å². The van der Waals surface area contributed by atoms with Gasteiger partial charge in [-0.3, -0.25) is 0 Å². The highest BCUT2D eigenvalue weighted by Gasteiger charge is 2.06. The lowest BCUT2D eigenvalue weighted by Gasteiger charge is -2.09. The summed E-state index contributed by atoms with van der Waals surface area (Å²) in [5, 5.41) is 3.26. The number of benzene rings is 2. The fourth-order valence-electron chi connectivity index (χ4n) is 1.81. The number of nitrogens with one attached hydrogen (secondary N) is 1. The SMILES string of the molecule is CNCc1cc(F)cc(OCc2ccc(Cl)cc2F)c1. The maximum absolute atomic E-state index is 13.6. The molecule has 0 spiro atoms. The van der Waals surface area contributed by atoms with Crippen molar-refractivity contribution in [2.45, 2.75) is 13.2 Å². The molecule has 5 heteroatoms. The lowest BCUT2D eigenvalue weighted by atomic mass is 10.2. The minimum absolute atomic E-state index is 0.0193. The zero-order chi connectivity index (χ0) is 14.5. The Hall–Kier alpha value is -1.65. The average molecular weight is 298 g/mol. The van der Waals surface area contributed by atoms with Crippen LogP contribution in [0, 0.1) is 11.6 Å². The van der Waals surface area contributed by atoms with Crippen molar-refractivity contribution >= 4 is 11.6 Å². The molecule has 106 valence electrons. The largest absolute Gasteiger partial charge is 0.489 e. The third-order valence-electron chi connectivity index (χ3n) is 2.72. The number of halogens is 3. The maximum Gasteiger partial charge on any atom is 0.131 e. The van der Waals surface area contributed by atoms with E-state index in [9.17, 15) is 8.78 Å². The summed E-state index contributed by atoms with van der Waals surface area (Å²) in [5.74, 6) is -0.460. The zero-order valence-electron chi connectivity index (χ0n) is 10.9. The molecule has 0 heterocycles. The molecule has 0 amide bonds. The van der Waals surface area contributed by atoms with E-state index in [0.29, 0.717) is 22.9 Å². The first-order valence-electron chi connectivity index (χ1n) is 6.09. The van der Waals surface area contributed by atoms with Gasteiger partial charge in [0.25, 0.3) is 0 Å². The second kappa shape index (κ2) is 6.68. The van der Waals surface area contributed by atoms with Crippen molar-refractivity contribution in [1.29, 1.82) is 0 Å². The van der Waals surface area contributed by atoms with Crippen molar-refractivity contribution in [1.82, 2.24) is 5.32 Å². The minimum atomic E-state index is -0.440. The Kier molecular flexibility index (Phi) is 4.93. The highest BCUT2D eigenvalue weighted by atomic mass is 35.5. The smallest absolute Gasteiger partial charge is 0.131 e. The summed E-state index contributed by atoms with van der Waals surface area (Å²) in [6.45, 7) is 0.550. The van der Waals surface area contributed by atoms with E-state index in [1.165, 1.54) is 18.2 Å². The van der Waals surface area contributed by atoms with E-state index in [0.717, 1.165) is 5.56 Å². The van der Waals surface area contributed by atoms with Crippen molar-refractivity contribution < 1.29 is 13.5 Å². The molecule has 0 aliphatic carbocycles. The van der Waals surface area contributed by atoms with Gasteiger partial charge in [0.2, 0.25) is 0 Å². The molecule has 0 saturated carbocycles. The summed E-state index contributed by atoms with van der Waals surface area (Å²) >= 11 is 5.67. The molecule has 2 aromatic rings. The molecule has 0 saturated heterocycles. The van der Waals surface area contributed by atoms with Crippen LogP contribution in [-0.2, 0) is 13.2 Å². The third kappa shape index (κ3) is 3.92. The standard InChI is InChI=1S/C15H14ClF2NO/c1-19-8-10-4-13(17)7-14(5-10)20-9-11-2-3-12(16)6-15(11)18/h2-7,19H,8-9H2,1H3. The van der Waals surface area contributed by atoms with Gasteiger partial charge in [-0.1, -0.05) is 17.7 Å². The van der Waals surface area contributed by atoms with Gasteiger partial charge in [0.1, 0.15) is 24.0 Å². The monoisotopic (exact) mass is 297 g/mol. The normalized spacial score (nSPS) is 10.6. The molecule has 0 aromatic heterocycles.